The third-order valence-electron chi connectivity index (χ3n) is 2.63. The van der Waals surface area contributed by atoms with Gasteiger partial charge in [-0.3, -0.25) is 10.1 Å². The number of aryl methyl sites for hydroxylation is 1. The highest BCUT2D eigenvalue weighted by Gasteiger charge is 2.23. The predicted octanol–water partition coefficient (Wildman–Crippen LogP) is 4.04. The number of nitro groups is 1. The van der Waals surface area contributed by atoms with E-state index in [2.05, 4.69) is 0 Å². The second-order valence-corrected chi connectivity index (χ2v) is 8.46. The summed E-state index contributed by atoms with van der Waals surface area (Å²) in [7, 11) is -3.29. The van der Waals surface area contributed by atoms with Crippen LogP contribution in [0.2, 0.25) is 5.02 Å². The minimum absolute atomic E-state index is 0.0324. The fourth-order valence-corrected chi connectivity index (χ4v) is 4.64. The Morgan fingerprint density at radius 3 is 2.33 bits per heavy atom. The second kappa shape index (κ2) is 6.05. The molecule has 0 aliphatic carbocycles. The Balaban J connectivity index is 2.41. The lowest BCUT2D eigenvalue weighted by atomic mass is 10.2. The summed E-state index contributed by atoms with van der Waals surface area (Å²) in [5.41, 5.74) is 0.597. The van der Waals surface area contributed by atoms with Crippen molar-refractivity contribution < 1.29 is 13.3 Å². The highest BCUT2D eigenvalue weighted by molar-refractivity contribution is 8.72. The molecule has 0 radical (unpaired) electrons. The number of halogens is 1. The van der Waals surface area contributed by atoms with E-state index < -0.39 is 13.8 Å². The molecule has 0 aliphatic rings. The zero-order valence-corrected chi connectivity index (χ0v) is 13.2. The first kappa shape index (κ1) is 15.8. The van der Waals surface area contributed by atoms with Gasteiger partial charge < -0.3 is 0 Å². The van der Waals surface area contributed by atoms with E-state index in [1.165, 1.54) is 24.3 Å². The molecule has 0 aromatic heterocycles. The molecule has 0 bridgehead atoms. The molecule has 0 saturated carbocycles. The molecule has 2 rings (SSSR count). The third-order valence-corrected chi connectivity index (χ3v) is 6.23. The van der Waals surface area contributed by atoms with E-state index in [0.717, 1.165) is 11.6 Å². The SMILES string of the molecule is Cc1ccc(S(=O)(=O)Sc2ccc(Cl)cc2[N+](=O)[O-])cc1. The summed E-state index contributed by atoms with van der Waals surface area (Å²) >= 11 is 5.70. The van der Waals surface area contributed by atoms with Crippen molar-refractivity contribution in [2.24, 2.45) is 0 Å². The van der Waals surface area contributed by atoms with Gasteiger partial charge in [-0.15, -0.1) is 0 Å². The van der Waals surface area contributed by atoms with Crippen LogP contribution in [-0.2, 0) is 8.87 Å². The van der Waals surface area contributed by atoms with Crippen LogP contribution in [0.1, 0.15) is 5.56 Å². The lowest BCUT2D eigenvalue weighted by molar-refractivity contribution is -0.387. The van der Waals surface area contributed by atoms with E-state index in [9.17, 15) is 18.5 Å². The van der Waals surface area contributed by atoms with Gasteiger partial charge in [0.15, 0.2) is 0 Å². The molecule has 110 valence electrons. The lowest BCUT2D eigenvalue weighted by Crippen LogP contribution is -1.97. The molecule has 0 amide bonds. The first-order valence-electron chi connectivity index (χ1n) is 5.75. The van der Waals surface area contributed by atoms with Gasteiger partial charge in [-0.25, -0.2) is 8.42 Å². The van der Waals surface area contributed by atoms with E-state index in [0.29, 0.717) is 10.8 Å². The summed E-state index contributed by atoms with van der Waals surface area (Å²) in [5, 5.41) is 11.2. The zero-order chi connectivity index (χ0) is 15.6. The van der Waals surface area contributed by atoms with Gasteiger partial charge in [-0.05, 0) is 31.2 Å². The van der Waals surface area contributed by atoms with Crippen LogP contribution < -0.4 is 0 Å². The summed E-state index contributed by atoms with van der Waals surface area (Å²) in [5.74, 6) is 0. The van der Waals surface area contributed by atoms with Crippen molar-refractivity contribution in [1.82, 2.24) is 0 Å². The summed E-state index contributed by atoms with van der Waals surface area (Å²) in [6.45, 7) is 1.84. The minimum Gasteiger partial charge on any atom is -0.258 e. The molecular formula is C13H10ClNO4S2. The Labute approximate surface area is 130 Å². The van der Waals surface area contributed by atoms with Crippen molar-refractivity contribution in [3.63, 3.8) is 0 Å². The highest BCUT2D eigenvalue weighted by atomic mass is 35.5. The van der Waals surface area contributed by atoms with Crippen molar-refractivity contribution in [2.75, 3.05) is 0 Å². The molecule has 0 unspecified atom stereocenters. The Morgan fingerprint density at radius 2 is 1.76 bits per heavy atom. The van der Waals surface area contributed by atoms with Crippen molar-refractivity contribution in [2.45, 2.75) is 16.7 Å². The molecule has 0 saturated heterocycles. The van der Waals surface area contributed by atoms with Gasteiger partial charge in [-0.1, -0.05) is 29.3 Å². The third kappa shape index (κ3) is 3.75. The Hall–Kier alpha value is -1.57. The Bertz CT molecular complexity index is 788. The quantitative estimate of drug-likeness (QED) is 0.475. The fraction of sp³-hybridized carbons (Fsp3) is 0.0769. The van der Waals surface area contributed by atoms with Crippen LogP contribution in [0.25, 0.3) is 0 Å². The van der Waals surface area contributed by atoms with Crippen LogP contribution in [-0.4, -0.2) is 13.3 Å². The predicted molar refractivity (Wildman–Crippen MR) is 82.3 cm³/mol. The number of hydrogen-bond acceptors (Lipinski definition) is 5. The van der Waals surface area contributed by atoms with Crippen LogP contribution in [0.15, 0.2) is 52.3 Å². The number of nitrogens with zero attached hydrogens (tertiary/aromatic N) is 1. The summed E-state index contributed by atoms with van der Waals surface area (Å²) in [6, 6.07) is 10.2. The van der Waals surface area contributed by atoms with Crippen molar-refractivity contribution in [1.29, 1.82) is 0 Å². The first-order valence-corrected chi connectivity index (χ1v) is 8.94. The molecule has 0 fully saturated rings. The van der Waals surface area contributed by atoms with Crippen molar-refractivity contribution in [3.05, 3.63) is 63.2 Å². The highest BCUT2D eigenvalue weighted by Crippen LogP contribution is 2.37. The molecule has 0 aliphatic heterocycles. The molecule has 0 spiro atoms. The maximum Gasteiger partial charge on any atom is 0.285 e. The van der Waals surface area contributed by atoms with Crippen LogP contribution in [0.3, 0.4) is 0 Å². The Kier molecular flexibility index (Phi) is 4.55. The summed E-state index contributed by atoms with van der Waals surface area (Å²) in [4.78, 5) is 10.5. The monoisotopic (exact) mass is 343 g/mol. The Morgan fingerprint density at radius 1 is 1.14 bits per heavy atom. The molecule has 2 aromatic rings. The summed E-state index contributed by atoms with van der Waals surface area (Å²) < 4.78 is 24.6. The first-order chi connectivity index (χ1) is 9.79. The van der Waals surface area contributed by atoms with Crippen LogP contribution in [0.5, 0.6) is 0 Å². The van der Waals surface area contributed by atoms with E-state index in [-0.39, 0.29) is 20.5 Å². The van der Waals surface area contributed by atoms with Gasteiger partial charge in [0.25, 0.3) is 5.69 Å². The molecule has 0 N–H and O–H groups in total. The lowest BCUT2D eigenvalue weighted by Gasteiger charge is -2.05. The standard InChI is InChI=1S/C13H10ClNO4S2/c1-9-2-5-11(6-3-9)21(18,19)20-13-7-4-10(14)8-12(13)15(16)17/h2-8H,1H3. The topological polar surface area (TPSA) is 77.3 Å². The van der Waals surface area contributed by atoms with E-state index in [1.807, 2.05) is 6.92 Å². The van der Waals surface area contributed by atoms with Crippen LogP contribution in [0, 0.1) is 17.0 Å². The largest absolute Gasteiger partial charge is 0.285 e. The average molecular weight is 344 g/mol. The van der Waals surface area contributed by atoms with Gasteiger partial charge in [0.1, 0.15) is 4.90 Å². The van der Waals surface area contributed by atoms with Gasteiger partial charge in [0.2, 0.25) is 8.87 Å². The molecule has 0 heterocycles. The average Bonchev–Trinajstić information content (AvgIpc) is 2.41. The molecule has 5 nitrogen and oxygen atoms in total. The van der Waals surface area contributed by atoms with E-state index in [4.69, 9.17) is 11.6 Å². The van der Waals surface area contributed by atoms with E-state index >= 15 is 0 Å². The zero-order valence-electron chi connectivity index (χ0n) is 10.8. The smallest absolute Gasteiger partial charge is 0.258 e. The fourth-order valence-electron chi connectivity index (χ4n) is 1.57. The maximum atomic E-state index is 12.3. The number of benzene rings is 2. The van der Waals surface area contributed by atoms with Crippen molar-refractivity contribution >= 4 is 37.0 Å². The van der Waals surface area contributed by atoms with Gasteiger partial charge in [-0.2, -0.15) is 0 Å². The molecular weight excluding hydrogens is 334 g/mol. The minimum atomic E-state index is -3.73. The maximum absolute atomic E-state index is 12.3. The van der Waals surface area contributed by atoms with Gasteiger partial charge in [0.05, 0.1) is 9.82 Å². The number of nitro benzene ring substituents is 1. The molecule has 2 aromatic carbocycles. The van der Waals surface area contributed by atoms with Gasteiger partial charge >= 0.3 is 0 Å². The van der Waals surface area contributed by atoms with Crippen LogP contribution >= 0.6 is 22.4 Å². The normalized spacial score (nSPS) is 11.3. The summed E-state index contributed by atoms with van der Waals surface area (Å²) in [6.07, 6.45) is 0. The van der Waals surface area contributed by atoms with Gasteiger partial charge in [0, 0.05) is 21.9 Å². The number of hydrogen-bond donors (Lipinski definition) is 0. The second-order valence-electron chi connectivity index (χ2n) is 4.22. The molecule has 8 heteroatoms. The molecule has 0 atom stereocenters. The van der Waals surface area contributed by atoms with E-state index in [1.54, 1.807) is 12.1 Å². The van der Waals surface area contributed by atoms with Crippen LogP contribution in [0.4, 0.5) is 5.69 Å². The molecule has 21 heavy (non-hydrogen) atoms. The van der Waals surface area contributed by atoms with Crippen molar-refractivity contribution in [3.8, 4) is 0 Å². The number of rotatable bonds is 4.